The van der Waals surface area contributed by atoms with Crippen molar-refractivity contribution in [3.8, 4) is 11.3 Å². The highest BCUT2D eigenvalue weighted by atomic mass is 35.5. The third kappa shape index (κ3) is 3.81. The largest absolute Gasteiger partial charge is 0.305 e. The average molecular weight is 420 g/mol. The van der Waals surface area contributed by atoms with Crippen LogP contribution in [0.25, 0.3) is 11.3 Å². The fourth-order valence-electron chi connectivity index (χ4n) is 3.25. The number of rotatable bonds is 4. The Morgan fingerprint density at radius 1 is 1.29 bits per heavy atom. The van der Waals surface area contributed by atoms with Gasteiger partial charge in [0.15, 0.2) is 9.84 Å². The Bertz CT molecular complexity index is 1130. The first-order valence-corrected chi connectivity index (χ1v) is 10.9. The molecule has 0 unspecified atom stereocenters. The number of nitrogens with one attached hydrogen (secondary N) is 2. The van der Waals surface area contributed by atoms with Gasteiger partial charge in [-0.3, -0.25) is 9.89 Å². The van der Waals surface area contributed by atoms with Crippen molar-refractivity contribution in [2.45, 2.75) is 19.4 Å². The van der Waals surface area contributed by atoms with E-state index in [2.05, 4.69) is 20.6 Å². The molecule has 8 nitrogen and oxygen atoms in total. The Morgan fingerprint density at radius 3 is 2.71 bits per heavy atom. The monoisotopic (exact) mass is 419 g/mol. The van der Waals surface area contributed by atoms with Crippen LogP contribution >= 0.6 is 11.6 Å². The van der Waals surface area contributed by atoms with Crippen molar-refractivity contribution in [3.63, 3.8) is 0 Å². The molecule has 1 atom stereocenters. The van der Waals surface area contributed by atoms with Crippen LogP contribution in [0.4, 0.5) is 5.82 Å². The second-order valence-corrected chi connectivity index (χ2v) is 9.47. The van der Waals surface area contributed by atoms with Crippen LogP contribution in [-0.4, -0.2) is 45.8 Å². The van der Waals surface area contributed by atoms with Crippen molar-refractivity contribution in [2.24, 2.45) is 0 Å². The van der Waals surface area contributed by atoms with Gasteiger partial charge in [-0.2, -0.15) is 10.2 Å². The molecule has 0 radical (unpaired) electrons. The lowest BCUT2D eigenvalue weighted by Gasteiger charge is -2.13. The van der Waals surface area contributed by atoms with Gasteiger partial charge in [-0.15, -0.1) is 0 Å². The molecule has 0 saturated carbocycles. The molecule has 0 aliphatic carbocycles. The average Bonchev–Trinajstić information content (AvgIpc) is 3.34. The van der Waals surface area contributed by atoms with Gasteiger partial charge in [0.1, 0.15) is 11.5 Å². The van der Waals surface area contributed by atoms with Gasteiger partial charge < -0.3 is 5.32 Å². The van der Waals surface area contributed by atoms with E-state index in [1.807, 2.05) is 12.1 Å². The lowest BCUT2D eigenvalue weighted by atomic mass is 10.1. The van der Waals surface area contributed by atoms with Crippen LogP contribution in [-0.2, 0) is 9.84 Å². The number of anilines is 1. The number of amides is 1. The van der Waals surface area contributed by atoms with E-state index in [9.17, 15) is 13.2 Å². The Labute approximate surface area is 166 Å². The molecule has 1 aromatic carbocycles. The first-order chi connectivity index (χ1) is 13.3. The molecule has 28 heavy (non-hydrogen) atoms. The Kier molecular flexibility index (Phi) is 4.72. The summed E-state index contributed by atoms with van der Waals surface area (Å²) in [5.41, 5.74) is 2.44. The molecule has 3 aromatic rings. The number of halogens is 1. The lowest BCUT2D eigenvalue weighted by Crippen LogP contribution is -2.19. The van der Waals surface area contributed by atoms with Gasteiger partial charge in [0.25, 0.3) is 5.91 Å². The molecule has 0 bridgehead atoms. The number of H-pyrrole nitrogens is 1. The van der Waals surface area contributed by atoms with Crippen LogP contribution in [0.3, 0.4) is 0 Å². The summed E-state index contributed by atoms with van der Waals surface area (Å²) < 4.78 is 25.2. The number of benzene rings is 1. The standard InChI is InChI=1S/C18H18ClN5O3S/c1-11-8-17(24(23-11)14-6-7-28(26,27)10-14)20-18(25)16-9-15(21-22-16)12-2-4-13(19)5-3-12/h2-5,8-9,14H,6-7,10H2,1H3,(H,20,25)(H,21,22)/t14-/m1/s1. The number of aromatic amines is 1. The summed E-state index contributed by atoms with van der Waals surface area (Å²) in [6, 6.07) is 10.2. The van der Waals surface area contributed by atoms with Crippen LogP contribution in [0.15, 0.2) is 36.4 Å². The number of nitrogens with zero attached hydrogens (tertiary/aromatic N) is 3. The maximum atomic E-state index is 12.7. The number of hydrogen-bond donors (Lipinski definition) is 2. The van der Waals surface area contributed by atoms with E-state index in [1.54, 1.807) is 35.9 Å². The van der Waals surface area contributed by atoms with Crippen molar-refractivity contribution in [1.29, 1.82) is 0 Å². The zero-order valence-corrected chi connectivity index (χ0v) is 16.6. The first kappa shape index (κ1) is 18.7. The molecule has 0 spiro atoms. The van der Waals surface area contributed by atoms with Crippen LogP contribution in [0.2, 0.25) is 5.02 Å². The summed E-state index contributed by atoms with van der Waals surface area (Å²) in [6.45, 7) is 1.80. The minimum absolute atomic E-state index is 0.0295. The molecule has 2 N–H and O–H groups in total. The third-order valence-corrected chi connectivity index (χ3v) is 6.62. The van der Waals surface area contributed by atoms with Crippen LogP contribution < -0.4 is 5.32 Å². The van der Waals surface area contributed by atoms with Gasteiger partial charge in [-0.05, 0) is 31.5 Å². The topological polar surface area (TPSA) is 110 Å². The summed E-state index contributed by atoms with van der Waals surface area (Å²) >= 11 is 5.90. The fourth-order valence-corrected chi connectivity index (χ4v) is 5.06. The summed E-state index contributed by atoms with van der Waals surface area (Å²) in [4.78, 5) is 12.7. The molecule has 1 aliphatic heterocycles. The molecule has 146 valence electrons. The maximum absolute atomic E-state index is 12.7. The molecule has 2 aromatic heterocycles. The molecule has 10 heteroatoms. The van der Waals surface area contributed by atoms with Gasteiger partial charge in [0.2, 0.25) is 0 Å². The quantitative estimate of drug-likeness (QED) is 0.675. The highest BCUT2D eigenvalue weighted by molar-refractivity contribution is 7.91. The predicted octanol–water partition coefficient (Wildman–Crippen LogP) is 2.85. The second kappa shape index (κ2) is 7.06. The molecule has 4 rings (SSSR count). The summed E-state index contributed by atoms with van der Waals surface area (Å²) in [7, 11) is -3.06. The molecule has 1 amide bonds. The second-order valence-electron chi connectivity index (χ2n) is 6.80. The maximum Gasteiger partial charge on any atom is 0.274 e. The SMILES string of the molecule is Cc1cc(NC(=O)c2cc(-c3ccc(Cl)cc3)n[nH]2)n([C@@H]2CCS(=O)(=O)C2)n1. The number of carbonyl (C=O) groups excluding carboxylic acids is 1. The van der Waals surface area contributed by atoms with Gasteiger partial charge in [0, 0.05) is 16.7 Å². The van der Waals surface area contributed by atoms with E-state index in [0.29, 0.717) is 28.6 Å². The van der Waals surface area contributed by atoms with Gasteiger partial charge >= 0.3 is 0 Å². The van der Waals surface area contributed by atoms with Gasteiger partial charge in [-0.1, -0.05) is 23.7 Å². The highest BCUT2D eigenvalue weighted by Crippen LogP contribution is 2.27. The molecule has 1 fully saturated rings. The third-order valence-electron chi connectivity index (χ3n) is 4.62. The van der Waals surface area contributed by atoms with E-state index < -0.39 is 9.84 Å². The molecular formula is C18H18ClN5O3S. The van der Waals surface area contributed by atoms with Crippen LogP contribution in [0.1, 0.15) is 28.6 Å². The minimum Gasteiger partial charge on any atom is -0.305 e. The number of hydrogen-bond acceptors (Lipinski definition) is 5. The number of aromatic nitrogens is 4. The summed E-state index contributed by atoms with van der Waals surface area (Å²) in [6.07, 6.45) is 0.483. The van der Waals surface area contributed by atoms with E-state index in [0.717, 1.165) is 5.56 Å². The van der Waals surface area contributed by atoms with E-state index in [1.165, 1.54) is 0 Å². The molecular weight excluding hydrogens is 402 g/mol. The molecule has 1 saturated heterocycles. The zero-order valence-electron chi connectivity index (χ0n) is 15.0. The predicted molar refractivity (Wildman–Crippen MR) is 106 cm³/mol. The highest BCUT2D eigenvalue weighted by Gasteiger charge is 2.31. The van der Waals surface area contributed by atoms with E-state index in [-0.39, 0.29) is 29.1 Å². The van der Waals surface area contributed by atoms with E-state index >= 15 is 0 Å². The zero-order chi connectivity index (χ0) is 19.9. The number of aryl methyl sites for hydroxylation is 1. The smallest absolute Gasteiger partial charge is 0.274 e. The van der Waals surface area contributed by atoms with Gasteiger partial charge in [-0.25, -0.2) is 13.1 Å². The Hall–Kier alpha value is -2.65. The van der Waals surface area contributed by atoms with Crippen LogP contribution in [0.5, 0.6) is 0 Å². The summed E-state index contributed by atoms with van der Waals surface area (Å²) in [5.74, 6) is 0.249. The fraction of sp³-hybridized carbons (Fsp3) is 0.278. The number of carbonyl (C=O) groups is 1. The van der Waals surface area contributed by atoms with Crippen molar-refractivity contribution in [2.75, 3.05) is 16.8 Å². The minimum atomic E-state index is -3.06. The Morgan fingerprint density at radius 2 is 2.04 bits per heavy atom. The van der Waals surface area contributed by atoms with Gasteiger partial charge in [0.05, 0.1) is 28.9 Å². The van der Waals surface area contributed by atoms with Crippen LogP contribution in [0, 0.1) is 6.92 Å². The van der Waals surface area contributed by atoms with E-state index in [4.69, 9.17) is 11.6 Å². The molecule has 3 heterocycles. The Balaban J connectivity index is 1.54. The van der Waals surface area contributed by atoms with Crippen molar-refractivity contribution in [3.05, 3.63) is 52.8 Å². The lowest BCUT2D eigenvalue weighted by molar-refractivity contribution is 0.102. The van der Waals surface area contributed by atoms with Crippen molar-refractivity contribution < 1.29 is 13.2 Å². The normalized spacial score (nSPS) is 18.3. The first-order valence-electron chi connectivity index (χ1n) is 8.70. The molecule has 1 aliphatic rings. The van der Waals surface area contributed by atoms with Crippen molar-refractivity contribution >= 4 is 33.2 Å². The number of sulfone groups is 1. The summed E-state index contributed by atoms with van der Waals surface area (Å²) in [5, 5.41) is 14.7. The van der Waals surface area contributed by atoms with Crippen molar-refractivity contribution in [1.82, 2.24) is 20.0 Å².